The predicted molar refractivity (Wildman–Crippen MR) is 249 cm³/mol. The molecule has 16 atom stereocenters. The normalized spacial score (nSPS) is 43.8. The number of H-pyrrole nitrogens is 4. The number of fused-ring (bicyclic) bond motifs is 12. The molecule has 72 heavy (non-hydrogen) atoms. The lowest BCUT2D eigenvalue weighted by Crippen LogP contribution is -2.40. The zero-order chi connectivity index (χ0) is 50.0. The van der Waals surface area contributed by atoms with Crippen molar-refractivity contribution in [1.82, 2.24) is 19.9 Å². The number of hydrogen-bond acceptors (Lipinski definition) is 16. The summed E-state index contributed by atoms with van der Waals surface area (Å²) in [5.41, 5.74) is 6.84. The minimum atomic E-state index is -0.855. The Morgan fingerprint density at radius 2 is 0.472 bits per heavy atom. The molecule has 0 spiro atoms. The number of aromatic nitrogens is 4. The number of hydrogen-bond donors (Lipinski definition) is 4. The van der Waals surface area contributed by atoms with Gasteiger partial charge in [-0.2, -0.15) is 0 Å². The molecule has 0 unspecified atom stereocenters. The summed E-state index contributed by atoms with van der Waals surface area (Å²) in [4.78, 5) is 15.6. The SMILES string of the molecule is CO[C@@H]1[C@H]2OC(C)(C)O[C@H]2O[C@@H]1C1c2ccc([nH]2)C([C@H]2O[C@@H]3OC(C)(C)O[C@@H]3[C@H]2OC)c2ccc([nH]2)C([C@H]2O[C@@H]3OC(C)(C)O[C@@H]3[C@H]2OC)c2ccc([nH]2)C([C@H]2O[C@@H]3OC(C)(C)O[C@@H]3[C@H]2OC)c2ccc1[nH]2. The molecule has 0 amide bonds. The number of nitrogens with one attached hydrogen (secondary N) is 4. The van der Waals surface area contributed by atoms with Crippen molar-refractivity contribution in [2.45, 2.75) is 201 Å². The largest absolute Gasteiger partial charge is 0.376 e. The first-order chi connectivity index (χ1) is 34.4. The van der Waals surface area contributed by atoms with Crippen LogP contribution >= 0.6 is 0 Å². The Hall–Kier alpha value is -3.52. The van der Waals surface area contributed by atoms with Crippen LogP contribution in [-0.4, -0.2) is 170 Å². The second-order valence-corrected chi connectivity index (χ2v) is 22.5. The van der Waals surface area contributed by atoms with E-state index < -0.39 is 145 Å². The molecule has 8 bridgehead atoms. The number of methoxy groups -OCH3 is 4. The van der Waals surface area contributed by atoms with Crippen molar-refractivity contribution >= 4 is 0 Å². The zero-order valence-electron chi connectivity index (χ0n) is 42.7. The van der Waals surface area contributed by atoms with E-state index in [1.54, 1.807) is 28.4 Å². The minimum absolute atomic E-state index is 0.459. The first kappa shape index (κ1) is 48.1. The molecule has 9 aliphatic rings. The summed E-state index contributed by atoms with van der Waals surface area (Å²) in [7, 11) is 6.75. The number of rotatable bonds is 8. The van der Waals surface area contributed by atoms with Gasteiger partial charge in [-0.3, -0.25) is 0 Å². The lowest BCUT2D eigenvalue weighted by molar-refractivity contribution is -0.218. The van der Waals surface area contributed by atoms with Crippen LogP contribution in [0.15, 0.2) is 48.5 Å². The van der Waals surface area contributed by atoms with Gasteiger partial charge in [0.25, 0.3) is 0 Å². The number of aromatic amines is 4. The van der Waals surface area contributed by atoms with Crippen molar-refractivity contribution in [1.29, 1.82) is 0 Å². The highest BCUT2D eigenvalue weighted by Crippen LogP contribution is 2.51. The van der Waals surface area contributed by atoms with Gasteiger partial charge >= 0.3 is 0 Å². The van der Waals surface area contributed by atoms with Crippen LogP contribution in [-0.2, 0) is 75.8 Å². The fourth-order valence-electron chi connectivity index (χ4n) is 13.4. The van der Waals surface area contributed by atoms with Gasteiger partial charge in [0, 0.05) is 74.0 Å². The van der Waals surface area contributed by atoms with E-state index in [9.17, 15) is 0 Å². The van der Waals surface area contributed by atoms with Crippen LogP contribution in [0, 0.1) is 0 Å². The van der Waals surface area contributed by atoms with Crippen molar-refractivity contribution in [3.8, 4) is 0 Å². The molecule has 0 aliphatic carbocycles. The van der Waals surface area contributed by atoms with E-state index in [1.165, 1.54) is 0 Å². The zero-order valence-corrected chi connectivity index (χ0v) is 42.7. The van der Waals surface area contributed by atoms with Gasteiger partial charge in [-0.25, -0.2) is 0 Å². The van der Waals surface area contributed by atoms with Crippen molar-refractivity contribution in [2.75, 3.05) is 28.4 Å². The summed E-state index contributed by atoms with van der Waals surface area (Å²) in [6, 6.07) is 16.8. The Balaban J connectivity index is 0.980. The number of ether oxygens (including phenoxy) is 16. The van der Waals surface area contributed by atoms with Gasteiger partial charge in [0.1, 0.15) is 73.2 Å². The molecule has 8 fully saturated rings. The first-order valence-electron chi connectivity index (χ1n) is 25.3. The third kappa shape index (κ3) is 7.69. The van der Waals surface area contributed by atoms with Gasteiger partial charge < -0.3 is 95.7 Å². The van der Waals surface area contributed by atoms with E-state index in [2.05, 4.69) is 68.5 Å². The van der Waals surface area contributed by atoms with E-state index in [0.29, 0.717) is 0 Å². The van der Waals surface area contributed by atoms with E-state index in [1.807, 2.05) is 55.4 Å². The highest BCUT2D eigenvalue weighted by molar-refractivity contribution is 5.41. The molecule has 8 saturated heterocycles. The molecule has 20 heteroatoms. The Morgan fingerprint density at radius 1 is 0.292 bits per heavy atom. The molecule has 13 rings (SSSR count). The summed E-state index contributed by atoms with van der Waals surface area (Å²) in [6.45, 7) is 15.1. The fourth-order valence-corrected chi connectivity index (χ4v) is 13.4. The standard InChI is InChI=1S/C52H68N4O16/c1-49(2)65-41-37(57-9)33(61-45(41)69-49)29-21-13-15-23(53-21)30(34-38(58-10)42-46(62-34)70-50(3,4)66-42)25-17-19-27(55-25)32(36-40(60-12)44-48(64-36)72-52(7,8)68-44)28-20-18-26(56-28)31(24-16-14-22(29)54-24)35-39(59-11)43-47(63-35)71-51(5,6)67-43/h13-20,29-48,53-56H,1-12H3/t29?,30?,31?,32?,33-,34-,35-,36-,37+,38+,39+,40+,41-,42-,43-,44-,45-,46-,47-,48-/m1/s1. The first-order valence-corrected chi connectivity index (χ1v) is 25.3. The van der Waals surface area contributed by atoms with Crippen LogP contribution in [0.5, 0.6) is 0 Å². The topological polar surface area (TPSA) is 211 Å². The summed E-state index contributed by atoms with van der Waals surface area (Å²) < 4.78 is 104. The van der Waals surface area contributed by atoms with Crippen molar-refractivity contribution in [3.63, 3.8) is 0 Å². The fraction of sp³-hybridized carbons (Fsp3) is 0.692. The van der Waals surface area contributed by atoms with Crippen LogP contribution in [0.3, 0.4) is 0 Å². The molecule has 0 radical (unpaired) electrons. The van der Waals surface area contributed by atoms with Crippen LogP contribution in [0.25, 0.3) is 0 Å². The maximum absolute atomic E-state index is 6.91. The third-order valence-corrected chi connectivity index (χ3v) is 16.1. The van der Waals surface area contributed by atoms with E-state index >= 15 is 0 Å². The monoisotopic (exact) mass is 1000 g/mol. The second kappa shape index (κ2) is 17.0. The van der Waals surface area contributed by atoms with Gasteiger partial charge in [0.05, 0.1) is 23.7 Å². The Bertz CT molecular complexity index is 2210. The quantitative estimate of drug-likeness (QED) is 0.174. The molecule has 4 N–H and O–H groups in total. The average molecular weight is 1010 g/mol. The molecular formula is C52H68N4O16. The van der Waals surface area contributed by atoms with Crippen LogP contribution in [0.1, 0.15) is 125 Å². The molecule has 392 valence electrons. The minimum Gasteiger partial charge on any atom is -0.376 e. The van der Waals surface area contributed by atoms with Gasteiger partial charge in [-0.1, -0.05) is 0 Å². The van der Waals surface area contributed by atoms with Crippen LogP contribution in [0.2, 0.25) is 0 Å². The predicted octanol–water partition coefficient (Wildman–Crippen LogP) is 5.41. The average Bonchev–Trinajstić information content (AvgIpc) is 4.14. The Labute approximate surface area is 417 Å². The van der Waals surface area contributed by atoms with Crippen LogP contribution in [0.4, 0.5) is 0 Å². The lowest BCUT2D eigenvalue weighted by atomic mass is 9.90. The molecule has 0 saturated carbocycles. The van der Waals surface area contributed by atoms with Crippen LogP contribution < -0.4 is 0 Å². The van der Waals surface area contributed by atoms with Gasteiger partial charge in [0.2, 0.25) is 0 Å². The maximum Gasteiger partial charge on any atom is 0.190 e. The smallest absolute Gasteiger partial charge is 0.190 e. The summed E-state index contributed by atoms with van der Waals surface area (Å²) in [5, 5.41) is 0. The Morgan fingerprint density at radius 3 is 0.639 bits per heavy atom. The van der Waals surface area contributed by atoms with Gasteiger partial charge in [-0.05, 0) is 104 Å². The van der Waals surface area contributed by atoms with Gasteiger partial charge in [-0.15, -0.1) is 0 Å². The molecule has 9 aliphatic heterocycles. The summed E-state index contributed by atoms with van der Waals surface area (Å²) >= 11 is 0. The summed E-state index contributed by atoms with van der Waals surface area (Å²) in [6.07, 6.45) is -8.91. The van der Waals surface area contributed by atoms with E-state index in [0.717, 1.165) is 45.6 Å². The third-order valence-electron chi connectivity index (χ3n) is 16.1. The van der Waals surface area contributed by atoms with E-state index in [4.69, 9.17) is 75.8 Å². The van der Waals surface area contributed by atoms with Crippen molar-refractivity contribution < 1.29 is 75.8 Å². The highest BCUT2D eigenvalue weighted by atomic mass is 16.9. The molecule has 13 heterocycles. The molecule has 20 nitrogen and oxygen atoms in total. The second-order valence-electron chi connectivity index (χ2n) is 22.5. The lowest BCUT2D eigenvalue weighted by Gasteiger charge is -2.32. The molecule has 4 aromatic rings. The Kier molecular flexibility index (Phi) is 11.4. The molecule has 0 aromatic carbocycles. The van der Waals surface area contributed by atoms with Crippen molar-refractivity contribution in [2.24, 2.45) is 0 Å². The van der Waals surface area contributed by atoms with Crippen molar-refractivity contribution in [3.05, 3.63) is 94.1 Å². The molecule has 4 aromatic heterocycles. The summed E-state index contributed by atoms with van der Waals surface area (Å²) in [5.74, 6) is -5.26. The van der Waals surface area contributed by atoms with E-state index in [-0.39, 0.29) is 0 Å². The molecular weight excluding hydrogens is 937 g/mol. The van der Waals surface area contributed by atoms with Gasteiger partial charge in [0.15, 0.2) is 48.3 Å². The highest BCUT2D eigenvalue weighted by Gasteiger charge is 2.62. The maximum atomic E-state index is 6.91.